The van der Waals surface area contributed by atoms with Crippen LogP contribution in [0.5, 0.6) is 0 Å². The number of nitriles is 1. The minimum absolute atomic E-state index is 0.0183. The molecule has 8 rings (SSSR count). The molecule has 2 N–H and O–H groups in total. The Labute approximate surface area is 298 Å². The lowest BCUT2D eigenvalue weighted by molar-refractivity contribution is -0.141. The summed E-state index contributed by atoms with van der Waals surface area (Å²) in [7, 11) is 0. The smallest absolute Gasteiger partial charge is 0.307 e. The number of carboxylic acid groups (broad SMARTS) is 1. The number of hydrogen-bond donors (Lipinski definition) is 2. The van der Waals surface area contributed by atoms with Gasteiger partial charge in [0.15, 0.2) is 5.58 Å². The normalized spacial score (nSPS) is 19.2. The van der Waals surface area contributed by atoms with E-state index in [0.29, 0.717) is 109 Å². The van der Waals surface area contributed by atoms with Crippen molar-refractivity contribution in [3.63, 3.8) is 0 Å². The molecule has 12 nitrogen and oxygen atoms in total. The second-order valence-corrected chi connectivity index (χ2v) is 14.0. The largest absolute Gasteiger partial charge is 0.481 e. The molecule has 3 aliphatic rings. The van der Waals surface area contributed by atoms with Crippen LogP contribution in [0.3, 0.4) is 0 Å². The fraction of sp³-hybridized carbons (Fsp3) is 0.342. The standard InChI is InChI=1S/C38H35ClN6O6/c1-21-26(4-2-5-27(21)36-41-30-13-22(12-24(14-40)35(30)51-36)15-43-10-8-23(16-43)38(48)49)28-6-3-7-29(34(28)39)37-42-31-18-45(19-32(31)50-37)33(47)20-44-11-9-25(46)17-44/h2-7,12-13,23,25,46H,8-11,15-20H2,1H3,(H,48,49). The maximum atomic E-state index is 12.9. The Morgan fingerprint density at radius 1 is 0.961 bits per heavy atom. The van der Waals surface area contributed by atoms with Crippen LogP contribution in [-0.4, -0.2) is 85.6 Å². The highest BCUT2D eigenvalue weighted by Crippen LogP contribution is 2.41. The van der Waals surface area contributed by atoms with Crippen LogP contribution in [0.25, 0.3) is 45.1 Å². The monoisotopic (exact) mass is 706 g/mol. The van der Waals surface area contributed by atoms with Gasteiger partial charge in [0.25, 0.3) is 0 Å². The van der Waals surface area contributed by atoms with E-state index >= 15 is 0 Å². The van der Waals surface area contributed by atoms with E-state index < -0.39 is 5.97 Å². The van der Waals surface area contributed by atoms with E-state index in [1.54, 1.807) is 11.0 Å². The third-order valence-electron chi connectivity index (χ3n) is 10.2. The van der Waals surface area contributed by atoms with Gasteiger partial charge in [0.1, 0.15) is 23.0 Å². The zero-order valence-corrected chi connectivity index (χ0v) is 28.7. The number of carbonyl (C=O) groups excluding carboxylic acids is 1. The molecule has 2 atom stereocenters. The van der Waals surface area contributed by atoms with Gasteiger partial charge < -0.3 is 23.9 Å². The van der Waals surface area contributed by atoms with Crippen molar-refractivity contribution < 1.29 is 28.6 Å². The molecule has 3 aromatic carbocycles. The molecular weight excluding hydrogens is 672 g/mol. The van der Waals surface area contributed by atoms with Gasteiger partial charge in [-0.2, -0.15) is 5.26 Å². The number of fused-ring (bicyclic) bond motifs is 2. The van der Waals surface area contributed by atoms with Crippen molar-refractivity contribution in [3.05, 3.63) is 81.7 Å². The van der Waals surface area contributed by atoms with Crippen LogP contribution in [0, 0.1) is 24.2 Å². The Hall–Kier alpha value is -5.06. The van der Waals surface area contributed by atoms with E-state index in [2.05, 4.69) is 11.0 Å². The summed E-state index contributed by atoms with van der Waals surface area (Å²) in [6.07, 6.45) is 0.911. The zero-order valence-electron chi connectivity index (χ0n) is 27.9. The molecular formula is C38H35ClN6O6. The Morgan fingerprint density at radius 2 is 1.71 bits per heavy atom. The Morgan fingerprint density at radius 3 is 2.43 bits per heavy atom. The quantitative estimate of drug-likeness (QED) is 0.211. The van der Waals surface area contributed by atoms with Crippen LogP contribution in [0.15, 0.2) is 57.4 Å². The number of rotatable bonds is 8. The van der Waals surface area contributed by atoms with Gasteiger partial charge in [0.2, 0.25) is 17.7 Å². The number of oxazole rings is 2. The number of benzene rings is 3. The van der Waals surface area contributed by atoms with Gasteiger partial charge in [-0.25, -0.2) is 9.97 Å². The van der Waals surface area contributed by atoms with Gasteiger partial charge >= 0.3 is 5.97 Å². The van der Waals surface area contributed by atoms with Crippen molar-refractivity contribution in [1.82, 2.24) is 24.7 Å². The molecule has 1 amide bonds. The summed E-state index contributed by atoms with van der Waals surface area (Å²) < 4.78 is 12.4. The number of amides is 1. The van der Waals surface area contributed by atoms with Gasteiger partial charge in [0.05, 0.1) is 47.8 Å². The van der Waals surface area contributed by atoms with Crippen LogP contribution in [-0.2, 0) is 29.2 Å². The fourth-order valence-electron chi connectivity index (χ4n) is 7.46. The van der Waals surface area contributed by atoms with Crippen LogP contribution in [0.1, 0.15) is 41.0 Å². The number of hydrogen-bond acceptors (Lipinski definition) is 10. The highest BCUT2D eigenvalue weighted by molar-refractivity contribution is 6.36. The summed E-state index contributed by atoms with van der Waals surface area (Å²) in [6.45, 7) is 5.82. The molecule has 0 radical (unpaired) electrons. The molecule has 2 saturated heterocycles. The van der Waals surface area contributed by atoms with Crippen LogP contribution in [0.2, 0.25) is 5.02 Å². The SMILES string of the molecule is Cc1c(-c2nc3cc(CN4CCC(C(=O)O)C4)cc(C#N)c3o2)cccc1-c1cccc(-c2nc3c(o2)CN(C(=O)CN2CCC(O)C2)C3)c1Cl. The van der Waals surface area contributed by atoms with Gasteiger partial charge in [-0.15, -0.1) is 0 Å². The molecule has 0 saturated carbocycles. The molecule has 2 aromatic heterocycles. The van der Waals surface area contributed by atoms with E-state index in [-0.39, 0.29) is 24.5 Å². The predicted octanol–water partition coefficient (Wildman–Crippen LogP) is 5.47. The third kappa shape index (κ3) is 6.27. The van der Waals surface area contributed by atoms with Crippen molar-refractivity contribution >= 4 is 34.6 Å². The topological polar surface area (TPSA) is 160 Å². The third-order valence-corrected chi connectivity index (χ3v) is 10.6. The van der Waals surface area contributed by atoms with Crippen molar-refractivity contribution in [1.29, 1.82) is 5.26 Å². The van der Waals surface area contributed by atoms with Crippen LogP contribution < -0.4 is 0 Å². The zero-order chi connectivity index (χ0) is 35.4. The first-order valence-electron chi connectivity index (χ1n) is 17.0. The number of carbonyl (C=O) groups is 2. The van der Waals surface area contributed by atoms with Crippen molar-refractivity contribution in [2.75, 3.05) is 32.7 Å². The summed E-state index contributed by atoms with van der Waals surface area (Å²) in [4.78, 5) is 39.6. The molecule has 5 aromatic rings. The summed E-state index contributed by atoms with van der Waals surface area (Å²) in [5, 5.41) is 29.6. The molecule has 5 heterocycles. The lowest BCUT2D eigenvalue weighted by Gasteiger charge is -2.20. The molecule has 0 spiro atoms. The van der Waals surface area contributed by atoms with E-state index in [0.717, 1.165) is 27.8 Å². The molecule has 13 heteroatoms. The lowest BCUT2D eigenvalue weighted by Crippen LogP contribution is -2.37. The van der Waals surface area contributed by atoms with Gasteiger partial charge in [0, 0.05) is 37.3 Å². The van der Waals surface area contributed by atoms with Gasteiger partial charge in [-0.05, 0) is 67.3 Å². The molecule has 0 aliphatic carbocycles. The number of likely N-dealkylation sites (tertiary alicyclic amines) is 2. The van der Waals surface area contributed by atoms with E-state index in [9.17, 15) is 25.1 Å². The molecule has 2 unspecified atom stereocenters. The second kappa shape index (κ2) is 13.2. The first kappa shape index (κ1) is 33.1. The van der Waals surface area contributed by atoms with E-state index in [1.807, 2.05) is 54.3 Å². The number of nitrogens with zero attached hydrogens (tertiary/aromatic N) is 6. The number of halogens is 1. The predicted molar refractivity (Wildman–Crippen MR) is 187 cm³/mol. The molecule has 0 bridgehead atoms. The van der Waals surface area contributed by atoms with Gasteiger partial charge in [-0.1, -0.05) is 35.9 Å². The Kier molecular flexibility index (Phi) is 8.60. The average Bonchev–Trinajstić information content (AvgIpc) is 3.94. The van der Waals surface area contributed by atoms with Crippen LogP contribution in [0.4, 0.5) is 0 Å². The number of carboxylic acids is 1. The first-order valence-corrected chi connectivity index (χ1v) is 17.4. The number of β-amino-alcohol motifs (C(OH)–C–C–N with tert-alkyl or cyclic N) is 1. The van der Waals surface area contributed by atoms with E-state index in [1.165, 1.54) is 0 Å². The van der Waals surface area contributed by atoms with Crippen molar-refractivity contribution in [2.24, 2.45) is 5.92 Å². The second-order valence-electron chi connectivity index (χ2n) is 13.6. The minimum Gasteiger partial charge on any atom is -0.481 e. The number of aromatic nitrogens is 2. The maximum absolute atomic E-state index is 12.9. The van der Waals surface area contributed by atoms with Crippen molar-refractivity contribution in [2.45, 2.75) is 45.5 Å². The lowest BCUT2D eigenvalue weighted by atomic mass is 9.95. The molecule has 3 aliphatic heterocycles. The molecule has 51 heavy (non-hydrogen) atoms. The average molecular weight is 707 g/mol. The number of aliphatic hydroxyl groups excluding tert-OH is 1. The van der Waals surface area contributed by atoms with Gasteiger partial charge in [-0.3, -0.25) is 19.4 Å². The highest BCUT2D eigenvalue weighted by Gasteiger charge is 2.32. The summed E-state index contributed by atoms with van der Waals surface area (Å²) in [6, 6.07) is 17.4. The minimum atomic E-state index is -0.782. The molecule has 2 fully saturated rings. The summed E-state index contributed by atoms with van der Waals surface area (Å²) in [5.41, 5.74) is 6.83. The summed E-state index contributed by atoms with van der Waals surface area (Å²) in [5.74, 6) is 0.225. The molecule has 260 valence electrons. The van der Waals surface area contributed by atoms with E-state index in [4.69, 9.17) is 30.4 Å². The van der Waals surface area contributed by atoms with Crippen LogP contribution >= 0.6 is 11.6 Å². The number of aliphatic hydroxyl groups is 1. The fourth-order valence-corrected chi connectivity index (χ4v) is 7.77. The number of aliphatic carboxylic acids is 1. The highest BCUT2D eigenvalue weighted by atomic mass is 35.5. The van der Waals surface area contributed by atoms with Crippen molar-refractivity contribution in [3.8, 4) is 40.1 Å². The maximum Gasteiger partial charge on any atom is 0.307 e. The summed E-state index contributed by atoms with van der Waals surface area (Å²) >= 11 is 7.07. The first-order chi connectivity index (χ1) is 24.6. The Bertz CT molecular complexity index is 2220. The Balaban J connectivity index is 1.04.